The van der Waals surface area contributed by atoms with Gasteiger partial charge in [-0.25, -0.2) is 0 Å². The van der Waals surface area contributed by atoms with E-state index in [9.17, 15) is 0 Å². The van der Waals surface area contributed by atoms with Gasteiger partial charge in [0.05, 0.1) is 8.07 Å². The highest BCUT2D eigenvalue weighted by molar-refractivity contribution is 9.10. The van der Waals surface area contributed by atoms with Crippen LogP contribution in [-0.2, 0) is 0 Å². The van der Waals surface area contributed by atoms with E-state index in [2.05, 4.69) is 35.6 Å². The van der Waals surface area contributed by atoms with Gasteiger partial charge >= 0.3 is 0 Å². The molecule has 2 aliphatic carbocycles. The number of halogens is 1. The van der Waals surface area contributed by atoms with E-state index in [-0.39, 0.29) is 0 Å². The second kappa shape index (κ2) is 3.09. The quantitative estimate of drug-likeness (QED) is 0.490. The average molecular weight is 261 g/mol. The first kappa shape index (κ1) is 10.2. The van der Waals surface area contributed by atoms with Crippen LogP contribution in [0.25, 0.3) is 0 Å². The first-order chi connectivity index (χ1) is 5.98. The van der Waals surface area contributed by atoms with Crippen molar-refractivity contribution in [1.29, 1.82) is 0 Å². The molecular weight excluding hydrogens is 240 g/mol. The Kier molecular flexibility index (Phi) is 2.43. The van der Waals surface area contributed by atoms with Crippen molar-refractivity contribution in [3.8, 4) is 0 Å². The third-order valence-corrected chi connectivity index (χ3v) is 11.9. The molecule has 0 aliphatic heterocycles. The van der Waals surface area contributed by atoms with Gasteiger partial charge in [0, 0.05) is 3.95 Å². The van der Waals surface area contributed by atoms with Gasteiger partial charge in [0.1, 0.15) is 0 Å². The first-order valence-electron chi connectivity index (χ1n) is 5.67. The summed E-state index contributed by atoms with van der Waals surface area (Å²) < 4.78 is 0.625. The minimum atomic E-state index is -0.981. The Hall–Kier alpha value is 0.697. The molecule has 1 unspecified atom stereocenters. The molecule has 2 saturated carbocycles. The second-order valence-corrected chi connectivity index (χ2v) is 13.2. The summed E-state index contributed by atoms with van der Waals surface area (Å²) in [7, 11) is -0.981. The Labute approximate surface area is 91.6 Å². The summed E-state index contributed by atoms with van der Waals surface area (Å²) in [6, 6.07) is 0. The average Bonchev–Trinajstić information content (AvgIpc) is 2.64. The molecule has 2 rings (SSSR count). The summed E-state index contributed by atoms with van der Waals surface area (Å²) in [4.78, 5) is 0. The van der Waals surface area contributed by atoms with E-state index < -0.39 is 8.07 Å². The van der Waals surface area contributed by atoms with Gasteiger partial charge < -0.3 is 0 Å². The molecule has 0 heterocycles. The van der Waals surface area contributed by atoms with Crippen LogP contribution in [0.1, 0.15) is 32.1 Å². The van der Waals surface area contributed by atoms with Gasteiger partial charge in [0.25, 0.3) is 0 Å². The van der Waals surface area contributed by atoms with E-state index in [1.54, 1.807) is 0 Å². The van der Waals surface area contributed by atoms with Gasteiger partial charge in [-0.05, 0) is 24.7 Å². The molecule has 2 heteroatoms. The molecule has 13 heavy (non-hydrogen) atoms. The number of hydrogen-bond donors (Lipinski definition) is 0. The fourth-order valence-electron chi connectivity index (χ4n) is 3.34. The smallest absolute Gasteiger partial charge is 0.0642 e. The van der Waals surface area contributed by atoms with Gasteiger partial charge in [-0.2, -0.15) is 0 Å². The Morgan fingerprint density at radius 3 is 1.85 bits per heavy atom. The SMILES string of the molecule is C[Si](C)(C)C1(Br)[C@@H]2CCCCC[C@@H]21. The topological polar surface area (TPSA) is 0 Å². The third kappa shape index (κ3) is 1.45. The largest absolute Gasteiger partial charge is 0.0883 e. The minimum absolute atomic E-state index is 0.625. The molecule has 2 aliphatic rings. The van der Waals surface area contributed by atoms with Crippen LogP contribution < -0.4 is 0 Å². The summed E-state index contributed by atoms with van der Waals surface area (Å²) in [6.07, 6.45) is 7.46. The molecule has 0 aromatic heterocycles. The van der Waals surface area contributed by atoms with Crippen LogP contribution in [0, 0.1) is 11.8 Å². The molecule has 0 amide bonds. The fraction of sp³-hybridized carbons (Fsp3) is 1.00. The number of rotatable bonds is 1. The standard InChI is InChI=1S/C11H21BrSi/c1-13(2,3)11(12)9-7-5-4-6-8-10(9)11/h9-10H,4-8H2,1-3H3/t9-,10+,11?. The van der Waals surface area contributed by atoms with Gasteiger partial charge in [0.2, 0.25) is 0 Å². The normalized spacial score (nSPS) is 45.2. The lowest BCUT2D eigenvalue weighted by molar-refractivity contribution is 0.635. The van der Waals surface area contributed by atoms with Crippen LogP contribution in [0.3, 0.4) is 0 Å². The molecule has 0 radical (unpaired) electrons. The molecule has 0 bridgehead atoms. The third-order valence-electron chi connectivity index (χ3n) is 4.14. The van der Waals surface area contributed by atoms with Gasteiger partial charge in [0.15, 0.2) is 0 Å². The summed E-state index contributed by atoms with van der Waals surface area (Å²) in [5.74, 6) is 2.09. The summed E-state index contributed by atoms with van der Waals surface area (Å²) in [5, 5.41) is 0. The van der Waals surface area contributed by atoms with Crippen molar-refractivity contribution >= 4 is 24.0 Å². The predicted octanol–water partition coefficient (Wildman–Crippen LogP) is 4.21. The van der Waals surface area contributed by atoms with E-state index in [1.807, 2.05) is 0 Å². The van der Waals surface area contributed by atoms with E-state index in [1.165, 1.54) is 32.1 Å². The van der Waals surface area contributed by atoms with Crippen LogP contribution in [-0.4, -0.2) is 12.0 Å². The number of fused-ring (bicyclic) bond motifs is 1. The van der Waals surface area contributed by atoms with Crippen LogP contribution in [0.2, 0.25) is 19.6 Å². The molecule has 76 valence electrons. The molecule has 2 fully saturated rings. The first-order valence-corrected chi connectivity index (χ1v) is 9.96. The monoisotopic (exact) mass is 260 g/mol. The Bertz CT molecular complexity index is 195. The van der Waals surface area contributed by atoms with E-state index in [4.69, 9.17) is 0 Å². The summed E-state index contributed by atoms with van der Waals surface area (Å²) in [5.41, 5.74) is 0. The van der Waals surface area contributed by atoms with Gasteiger partial charge in [-0.3, -0.25) is 0 Å². The van der Waals surface area contributed by atoms with E-state index in [0.717, 1.165) is 11.8 Å². The van der Waals surface area contributed by atoms with Crippen LogP contribution in [0.5, 0.6) is 0 Å². The van der Waals surface area contributed by atoms with Gasteiger partial charge in [-0.1, -0.05) is 54.8 Å². The fourth-order valence-corrected chi connectivity index (χ4v) is 7.14. The Morgan fingerprint density at radius 1 is 1.00 bits per heavy atom. The minimum Gasteiger partial charge on any atom is -0.0883 e. The zero-order valence-corrected chi connectivity index (χ0v) is 11.7. The lowest BCUT2D eigenvalue weighted by Crippen LogP contribution is -2.38. The molecule has 0 saturated heterocycles. The van der Waals surface area contributed by atoms with Crippen molar-refractivity contribution in [3.05, 3.63) is 0 Å². The molecular formula is C11H21BrSi. The van der Waals surface area contributed by atoms with Crippen molar-refractivity contribution in [3.63, 3.8) is 0 Å². The highest BCUT2D eigenvalue weighted by Crippen LogP contribution is 2.66. The molecule has 0 aromatic rings. The maximum atomic E-state index is 4.10. The molecule has 0 nitrogen and oxygen atoms in total. The van der Waals surface area contributed by atoms with Crippen LogP contribution in [0.4, 0.5) is 0 Å². The Morgan fingerprint density at radius 2 is 1.46 bits per heavy atom. The lowest BCUT2D eigenvalue weighted by atomic mass is 10.2. The maximum Gasteiger partial charge on any atom is 0.0642 e. The molecule has 0 N–H and O–H groups in total. The lowest BCUT2D eigenvalue weighted by Gasteiger charge is -2.26. The zero-order valence-electron chi connectivity index (χ0n) is 9.07. The van der Waals surface area contributed by atoms with Crippen molar-refractivity contribution in [2.45, 2.75) is 55.7 Å². The van der Waals surface area contributed by atoms with Crippen molar-refractivity contribution < 1.29 is 0 Å². The Balaban J connectivity index is 2.12. The highest BCUT2D eigenvalue weighted by atomic mass is 79.9. The predicted molar refractivity (Wildman–Crippen MR) is 65.1 cm³/mol. The van der Waals surface area contributed by atoms with Crippen molar-refractivity contribution in [2.24, 2.45) is 11.8 Å². The van der Waals surface area contributed by atoms with Crippen molar-refractivity contribution in [2.75, 3.05) is 0 Å². The molecule has 0 spiro atoms. The molecule has 0 aromatic carbocycles. The summed E-state index contributed by atoms with van der Waals surface area (Å²) in [6.45, 7) is 7.57. The number of hydrogen-bond acceptors (Lipinski definition) is 0. The maximum absolute atomic E-state index is 4.10. The number of alkyl halides is 1. The summed E-state index contributed by atoms with van der Waals surface area (Å²) >= 11 is 4.10. The van der Waals surface area contributed by atoms with E-state index in [0.29, 0.717) is 3.95 Å². The van der Waals surface area contributed by atoms with E-state index >= 15 is 0 Å². The van der Waals surface area contributed by atoms with Gasteiger partial charge in [-0.15, -0.1) is 0 Å². The van der Waals surface area contributed by atoms with Crippen LogP contribution in [0.15, 0.2) is 0 Å². The second-order valence-electron chi connectivity index (χ2n) is 5.87. The van der Waals surface area contributed by atoms with Crippen LogP contribution >= 0.6 is 15.9 Å². The van der Waals surface area contributed by atoms with Crippen molar-refractivity contribution in [1.82, 2.24) is 0 Å². The molecule has 3 atom stereocenters. The highest BCUT2D eigenvalue weighted by Gasteiger charge is 2.67. The zero-order chi connectivity index (χ0) is 9.69.